The highest BCUT2D eigenvalue weighted by molar-refractivity contribution is 6.21. The van der Waals surface area contributed by atoms with E-state index in [0.29, 0.717) is 23.2 Å². The highest BCUT2D eigenvalue weighted by atomic mass is 16.4. The number of allylic oxidation sites excluding steroid dienone is 1. The second kappa shape index (κ2) is 11.8. The fourth-order valence-corrected chi connectivity index (χ4v) is 6.19. The lowest BCUT2D eigenvalue weighted by atomic mass is 9.77. The molecular weight excluding hydrogens is 562 g/mol. The Morgan fingerprint density at radius 3 is 1.62 bits per heavy atom. The summed E-state index contributed by atoms with van der Waals surface area (Å²) in [5.41, 5.74) is 2.70. The molecule has 7 nitrogen and oxygen atoms in total. The molecule has 1 aliphatic heterocycles. The van der Waals surface area contributed by atoms with Crippen molar-refractivity contribution in [2.45, 2.75) is 25.8 Å². The fourth-order valence-electron chi connectivity index (χ4n) is 6.19. The van der Waals surface area contributed by atoms with Gasteiger partial charge in [-0.05, 0) is 40.7 Å². The average molecular weight is 596 g/mol. The predicted molar refractivity (Wildman–Crippen MR) is 173 cm³/mol. The average Bonchev–Trinajstić information content (AvgIpc) is 3.63. The first-order valence-electron chi connectivity index (χ1n) is 14.8. The van der Waals surface area contributed by atoms with Gasteiger partial charge in [-0.1, -0.05) is 123 Å². The summed E-state index contributed by atoms with van der Waals surface area (Å²) in [4.78, 5) is 44.5. The minimum atomic E-state index is -1.11. The lowest BCUT2D eigenvalue weighted by Crippen LogP contribution is -2.38. The van der Waals surface area contributed by atoms with Crippen molar-refractivity contribution in [2.75, 3.05) is 6.54 Å². The second-order valence-corrected chi connectivity index (χ2v) is 12.0. The number of carbonyl (C=O) groups excluding carboxylic acids is 2. The minimum absolute atomic E-state index is 0.0484. The number of hydrogen-bond acceptors (Lipinski definition) is 4. The molecule has 2 heterocycles. The van der Waals surface area contributed by atoms with Gasteiger partial charge in [-0.2, -0.15) is 0 Å². The number of amides is 2. The maximum Gasteiger partial charge on any atom is 0.337 e. The van der Waals surface area contributed by atoms with Gasteiger partial charge in [-0.25, -0.2) is 9.78 Å². The third-order valence-electron chi connectivity index (χ3n) is 8.37. The molecule has 1 aromatic heterocycles. The Hall–Kier alpha value is -5.56. The Morgan fingerprint density at radius 1 is 0.733 bits per heavy atom. The number of nitrogens with zero attached hydrogens (tertiary/aromatic N) is 3. The summed E-state index contributed by atoms with van der Waals surface area (Å²) in [6.45, 7) is 3.98. The van der Waals surface area contributed by atoms with Crippen LogP contribution in [0.4, 0.5) is 0 Å². The van der Waals surface area contributed by atoms with Gasteiger partial charge in [0.2, 0.25) is 0 Å². The van der Waals surface area contributed by atoms with E-state index in [2.05, 4.69) is 41.4 Å². The van der Waals surface area contributed by atoms with Crippen LogP contribution in [0.2, 0.25) is 0 Å². The molecule has 0 atom stereocenters. The van der Waals surface area contributed by atoms with Gasteiger partial charge >= 0.3 is 5.97 Å². The van der Waals surface area contributed by atoms with Crippen LogP contribution >= 0.6 is 0 Å². The topological polar surface area (TPSA) is 92.5 Å². The summed E-state index contributed by atoms with van der Waals surface area (Å²) < 4.78 is 1.98. The van der Waals surface area contributed by atoms with Crippen LogP contribution in [-0.4, -0.2) is 43.9 Å². The van der Waals surface area contributed by atoms with Crippen molar-refractivity contribution in [1.29, 1.82) is 0 Å². The number of benzene rings is 4. The number of carbonyl (C=O) groups is 3. The van der Waals surface area contributed by atoms with Crippen LogP contribution in [0.25, 0.3) is 5.57 Å². The molecule has 0 fully saturated rings. The number of fused-ring (bicyclic) bond motifs is 1. The van der Waals surface area contributed by atoms with E-state index in [-0.39, 0.29) is 23.9 Å². The smallest absolute Gasteiger partial charge is 0.337 e. The normalized spacial score (nSPS) is 13.6. The largest absolute Gasteiger partial charge is 0.478 e. The van der Waals surface area contributed by atoms with Crippen molar-refractivity contribution in [3.05, 3.63) is 167 Å². The Morgan fingerprint density at radius 2 is 1.18 bits per heavy atom. The van der Waals surface area contributed by atoms with Gasteiger partial charge in [0.05, 0.1) is 28.7 Å². The molecule has 5 aromatic rings. The van der Waals surface area contributed by atoms with E-state index in [1.165, 1.54) is 4.90 Å². The van der Waals surface area contributed by atoms with Gasteiger partial charge in [0, 0.05) is 12.7 Å². The molecule has 0 bridgehead atoms. The third-order valence-corrected chi connectivity index (χ3v) is 8.37. The molecule has 45 heavy (non-hydrogen) atoms. The van der Waals surface area contributed by atoms with Gasteiger partial charge in [0.25, 0.3) is 11.8 Å². The molecule has 0 spiro atoms. The number of rotatable bonds is 10. The predicted octanol–water partition coefficient (Wildman–Crippen LogP) is 6.90. The molecule has 0 unspecified atom stereocenters. The summed E-state index contributed by atoms with van der Waals surface area (Å²) in [7, 11) is 0. The zero-order valence-electron chi connectivity index (χ0n) is 25.1. The first-order chi connectivity index (χ1) is 21.7. The van der Waals surface area contributed by atoms with E-state index in [0.717, 1.165) is 16.7 Å². The molecule has 1 N–H and O–H groups in total. The number of hydrogen-bond donors (Lipinski definition) is 1. The van der Waals surface area contributed by atoms with Gasteiger partial charge in [0.15, 0.2) is 0 Å². The molecule has 0 saturated heterocycles. The molecule has 7 heteroatoms. The van der Waals surface area contributed by atoms with Crippen LogP contribution in [0, 0.1) is 5.41 Å². The Bertz CT molecular complexity index is 1760. The van der Waals surface area contributed by atoms with E-state index in [9.17, 15) is 19.5 Å². The van der Waals surface area contributed by atoms with Crippen molar-refractivity contribution in [3.8, 4) is 0 Å². The van der Waals surface area contributed by atoms with Crippen LogP contribution in [0.5, 0.6) is 0 Å². The van der Waals surface area contributed by atoms with Gasteiger partial charge in [-0.15, -0.1) is 0 Å². The Balaban J connectivity index is 1.37. The first kappa shape index (κ1) is 29.5. The van der Waals surface area contributed by atoms with E-state index in [1.807, 2.05) is 73.0 Å². The molecule has 2 amide bonds. The maximum absolute atomic E-state index is 13.0. The molecule has 0 saturated carbocycles. The van der Waals surface area contributed by atoms with Gasteiger partial charge in [-0.3, -0.25) is 14.5 Å². The molecule has 0 radical (unpaired) electrons. The van der Waals surface area contributed by atoms with E-state index in [1.54, 1.807) is 42.9 Å². The number of carboxylic acid groups (broad SMARTS) is 1. The second-order valence-electron chi connectivity index (χ2n) is 12.0. The number of aromatic nitrogens is 2. The van der Waals surface area contributed by atoms with Crippen LogP contribution in [0.1, 0.15) is 63.4 Å². The number of imidazole rings is 1. The van der Waals surface area contributed by atoms with Gasteiger partial charge < -0.3 is 9.67 Å². The minimum Gasteiger partial charge on any atom is -0.478 e. The van der Waals surface area contributed by atoms with Crippen LogP contribution < -0.4 is 0 Å². The van der Waals surface area contributed by atoms with Gasteiger partial charge in [0.1, 0.15) is 5.54 Å². The van der Waals surface area contributed by atoms with Crippen molar-refractivity contribution in [2.24, 2.45) is 5.41 Å². The lowest BCUT2D eigenvalue weighted by molar-refractivity contribution is -0.130. The summed E-state index contributed by atoms with van der Waals surface area (Å²) in [5, 5.41) is 10.3. The van der Waals surface area contributed by atoms with Crippen LogP contribution in [-0.2, 0) is 10.3 Å². The molecule has 6 rings (SSSR count). The first-order valence-corrected chi connectivity index (χ1v) is 14.8. The zero-order valence-corrected chi connectivity index (χ0v) is 25.1. The SMILES string of the molecule is CC(C)(CC=C(C(=O)O)c1cn(C(c2ccccc2)(c2ccccc2)c2ccccc2)cn1)CN1C(=O)c2ccccc2C1=O. The van der Waals surface area contributed by atoms with E-state index in [4.69, 9.17) is 0 Å². The zero-order chi connectivity index (χ0) is 31.6. The van der Waals surface area contributed by atoms with Crippen molar-refractivity contribution < 1.29 is 19.5 Å². The van der Waals surface area contributed by atoms with E-state index < -0.39 is 16.9 Å². The van der Waals surface area contributed by atoms with E-state index >= 15 is 0 Å². The Labute approximate surface area is 262 Å². The molecule has 4 aromatic carbocycles. The third kappa shape index (κ3) is 5.38. The standard InChI is InChI=1S/C38H33N3O4/c1-37(2,25-41-34(42)30-20-12-13-21-31(30)35(41)43)23-22-32(36(44)45)33-24-40(26-39-33)38(27-14-6-3-7-15-27,28-16-8-4-9-17-28)29-18-10-5-11-19-29/h3-22,24,26H,23,25H2,1-2H3,(H,44,45). The summed E-state index contributed by atoms with van der Waals surface area (Å²) in [6, 6.07) is 37.0. The summed E-state index contributed by atoms with van der Waals surface area (Å²) in [5.74, 6) is -1.77. The fraction of sp³-hybridized carbons (Fsp3) is 0.158. The number of aliphatic carboxylic acids is 1. The number of carboxylic acids is 1. The maximum atomic E-state index is 13.0. The van der Waals surface area contributed by atoms with Crippen LogP contribution in [0.15, 0.2) is 134 Å². The Kier molecular flexibility index (Phi) is 7.77. The highest BCUT2D eigenvalue weighted by Gasteiger charge is 2.40. The lowest BCUT2D eigenvalue weighted by Gasteiger charge is -2.37. The highest BCUT2D eigenvalue weighted by Crippen LogP contribution is 2.41. The van der Waals surface area contributed by atoms with Crippen molar-refractivity contribution in [3.63, 3.8) is 0 Å². The molecule has 0 aliphatic carbocycles. The quantitative estimate of drug-likeness (QED) is 0.108. The van der Waals surface area contributed by atoms with Crippen molar-refractivity contribution in [1.82, 2.24) is 14.5 Å². The molecule has 1 aliphatic rings. The van der Waals surface area contributed by atoms with Crippen LogP contribution in [0.3, 0.4) is 0 Å². The monoisotopic (exact) mass is 595 g/mol. The summed E-state index contributed by atoms with van der Waals surface area (Å²) in [6.07, 6.45) is 5.41. The summed E-state index contributed by atoms with van der Waals surface area (Å²) >= 11 is 0. The number of imide groups is 1. The van der Waals surface area contributed by atoms with Crippen molar-refractivity contribution >= 4 is 23.4 Å². The molecule has 224 valence electrons. The molecular formula is C38H33N3O4.